The van der Waals surface area contributed by atoms with Crippen molar-refractivity contribution >= 4 is 94.5 Å². The molecule has 21 aromatic rings. The summed E-state index contributed by atoms with van der Waals surface area (Å²) in [6.45, 7) is 12.5. The third-order valence-corrected chi connectivity index (χ3v) is 23.5. The number of aryl methyl sites for hydroxylation is 6. The van der Waals surface area contributed by atoms with Gasteiger partial charge in [-0.05, 0) is 174 Å². The van der Waals surface area contributed by atoms with Crippen molar-refractivity contribution in [3.8, 4) is 101 Å². The second-order valence-corrected chi connectivity index (χ2v) is 31.6. The predicted molar refractivity (Wildman–Crippen MR) is 494 cm³/mol. The third kappa shape index (κ3) is 20.7. The molecule has 9 aromatic heterocycles. The van der Waals surface area contributed by atoms with Crippen LogP contribution in [0.4, 0.5) is 0 Å². The Morgan fingerprint density at radius 1 is 0.225 bits per heavy atom. The van der Waals surface area contributed by atoms with Gasteiger partial charge in [-0.1, -0.05) is 216 Å². The molecule has 0 unspecified atom stereocenters. The zero-order valence-electron chi connectivity index (χ0n) is 66.5. The molecule has 12 heteroatoms. The molecular formula is C108H78Ir3N6S3-6. The van der Waals surface area contributed by atoms with Crippen molar-refractivity contribution in [2.24, 2.45) is 0 Å². The summed E-state index contributed by atoms with van der Waals surface area (Å²) >= 11 is 5.46. The topological polar surface area (TPSA) is 77.3 Å². The largest absolute Gasteiger partial charge is 0.304 e. The molecule has 9 heterocycles. The van der Waals surface area contributed by atoms with Gasteiger partial charge < -0.3 is 29.9 Å². The van der Waals surface area contributed by atoms with Crippen LogP contribution in [-0.2, 0) is 60.3 Å². The van der Waals surface area contributed by atoms with Crippen LogP contribution >= 0.6 is 34.0 Å². The van der Waals surface area contributed by atoms with Crippen molar-refractivity contribution in [3.63, 3.8) is 0 Å². The van der Waals surface area contributed by atoms with Gasteiger partial charge in [0, 0.05) is 128 Å². The third-order valence-electron chi connectivity index (χ3n) is 20.0. The Morgan fingerprint density at radius 3 is 0.992 bits per heavy atom. The fraction of sp³-hybridized carbons (Fsp3) is 0.0556. The first-order valence-corrected chi connectivity index (χ1v) is 41.2. The van der Waals surface area contributed by atoms with Crippen LogP contribution in [-0.4, -0.2) is 29.9 Å². The van der Waals surface area contributed by atoms with E-state index in [4.69, 9.17) is 0 Å². The molecule has 0 fully saturated rings. The number of nitrogens with zero attached hydrogens (tertiary/aromatic N) is 6. The first-order chi connectivity index (χ1) is 57.5. The Hall–Kier alpha value is -11.9. The van der Waals surface area contributed by atoms with E-state index in [-0.39, 0.29) is 60.3 Å². The van der Waals surface area contributed by atoms with Crippen molar-refractivity contribution in [2.75, 3.05) is 0 Å². The van der Waals surface area contributed by atoms with E-state index in [1.807, 2.05) is 205 Å². The van der Waals surface area contributed by atoms with Crippen LogP contribution in [0.1, 0.15) is 33.4 Å². The standard InChI is InChI=1S/3C18H12NS.3C18H14N.3Ir/c1-12-9-10-16(19-11-12)15-7-4-6-14-13-5-2-3-8-17(13)20-18(14)15;1-12-6-9-16(19-11-12)13-7-8-15-14-4-2-3-5-17(14)20-18(15)10-13;1-12-6-8-16(19-11-12)13-7-9-18-15(10-13)14-4-2-3-5-17(14)20-18;3*1-14-12-18(16-10-6-3-7-11-16)19-13-17(14)15-8-4-2-5-9-15;;;/h3*2-6,8-11H,1H3;3*2-10,12-13H,1H3;;;/q6*-1;;;. The van der Waals surface area contributed by atoms with E-state index in [0.717, 1.165) is 67.5 Å². The van der Waals surface area contributed by atoms with Gasteiger partial charge in [0.15, 0.2) is 0 Å². The molecule has 0 atom stereocenters. The number of hydrogen-bond donors (Lipinski definition) is 0. The molecule has 0 spiro atoms. The molecule has 0 bridgehead atoms. The van der Waals surface area contributed by atoms with Crippen molar-refractivity contribution in [1.29, 1.82) is 0 Å². The molecule has 0 saturated carbocycles. The van der Waals surface area contributed by atoms with E-state index in [1.54, 1.807) is 0 Å². The first-order valence-electron chi connectivity index (χ1n) is 38.7. The molecule has 0 aliphatic carbocycles. The maximum absolute atomic E-state index is 4.55. The number of benzene rings is 12. The predicted octanol–water partition coefficient (Wildman–Crippen LogP) is 29.2. The first kappa shape index (κ1) is 86.0. The van der Waals surface area contributed by atoms with Gasteiger partial charge >= 0.3 is 0 Å². The number of fused-ring (bicyclic) bond motifs is 9. The van der Waals surface area contributed by atoms with Crippen molar-refractivity contribution in [3.05, 3.63) is 435 Å². The van der Waals surface area contributed by atoms with E-state index < -0.39 is 0 Å². The summed E-state index contributed by atoms with van der Waals surface area (Å²) in [5.41, 5.74) is 26.6. The minimum atomic E-state index is 0. The molecule has 591 valence electrons. The quantitative estimate of drug-likeness (QED) is 0.134. The van der Waals surface area contributed by atoms with Gasteiger partial charge in [-0.15, -0.1) is 179 Å². The van der Waals surface area contributed by atoms with E-state index >= 15 is 0 Å². The van der Waals surface area contributed by atoms with Gasteiger partial charge in [-0.2, -0.15) is 34.0 Å². The van der Waals surface area contributed by atoms with Crippen LogP contribution in [0.2, 0.25) is 0 Å². The summed E-state index contributed by atoms with van der Waals surface area (Å²) in [4.78, 5) is 27.2. The minimum Gasteiger partial charge on any atom is -0.304 e. The van der Waals surface area contributed by atoms with Gasteiger partial charge in [0.25, 0.3) is 0 Å². The van der Waals surface area contributed by atoms with Crippen LogP contribution in [0, 0.1) is 77.9 Å². The number of pyridine rings is 6. The Kier molecular flexibility index (Phi) is 29.5. The number of thiophene rings is 3. The van der Waals surface area contributed by atoms with Crippen molar-refractivity contribution < 1.29 is 60.3 Å². The van der Waals surface area contributed by atoms with Crippen LogP contribution in [0.5, 0.6) is 0 Å². The Morgan fingerprint density at radius 2 is 0.583 bits per heavy atom. The molecule has 12 aromatic carbocycles. The van der Waals surface area contributed by atoms with E-state index in [2.05, 4.69) is 302 Å². The van der Waals surface area contributed by atoms with Crippen molar-refractivity contribution in [1.82, 2.24) is 29.9 Å². The average Bonchev–Trinajstić information content (AvgIpc) is 1.64. The summed E-state index contributed by atoms with van der Waals surface area (Å²) in [5, 5.41) is 7.81. The molecule has 120 heavy (non-hydrogen) atoms. The molecule has 3 radical (unpaired) electrons. The maximum atomic E-state index is 4.55. The SMILES string of the molecule is Cc1cc(-c2[c-]cccc2)ncc1-c1ccccc1.Cc1cc(-c2[c-]cccc2)ncc1-c1ccccc1.Cc1cc(-c2[c-]cccc2)ncc1-c1ccccc1.Cc1ccc(-c2[c-]cc3c(c2)sc2ccccc23)nc1.Cc1ccc(-c2[c-]cc3sc4ccccc4c3c2)nc1.Cc1ccc(-c2[c-]ccc3c2sc2ccccc23)nc1.[Ir].[Ir].[Ir]. The Balaban J connectivity index is 0.000000124. The van der Waals surface area contributed by atoms with E-state index in [0.29, 0.717) is 0 Å². The molecular weight excluding hydrogens is 2050 g/mol. The van der Waals surface area contributed by atoms with Gasteiger partial charge in [0.2, 0.25) is 0 Å². The summed E-state index contributed by atoms with van der Waals surface area (Å²) < 4.78 is 7.81. The van der Waals surface area contributed by atoms with Crippen LogP contribution in [0.3, 0.4) is 0 Å². The van der Waals surface area contributed by atoms with E-state index in [9.17, 15) is 0 Å². The molecule has 0 N–H and O–H groups in total. The fourth-order valence-corrected chi connectivity index (χ4v) is 17.3. The zero-order chi connectivity index (χ0) is 79.8. The monoisotopic (exact) mass is 2130 g/mol. The summed E-state index contributed by atoms with van der Waals surface area (Å²) in [5.74, 6) is 0. The minimum absolute atomic E-state index is 0. The molecule has 21 rings (SSSR count). The molecule has 0 amide bonds. The van der Waals surface area contributed by atoms with Crippen LogP contribution in [0.15, 0.2) is 365 Å². The Bertz CT molecular complexity index is 6600. The normalized spacial score (nSPS) is 10.6. The smallest absolute Gasteiger partial charge is 0.0246 e. The van der Waals surface area contributed by atoms with Gasteiger partial charge in [-0.25, -0.2) is 0 Å². The Labute approximate surface area is 754 Å². The second kappa shape index (κ2) is 41.2. The van der Waals surface area contributed by atoms with E-state index in [1.165, 1.54) is 127 Å². The average molecular weight is 2130 g/mol. The fourth-order valence-electron chi connectivity index (χ4n) is 13.9. The zero-order valence-corrected chi connectivity index (χ0v) is 76.2. The maximum Gasteiger partial charge on any atom is 0.0246 e. The number of hydrogen-bond acceptors (Lipinski definition) is 9. The summed E-state index contributed by atoms with van der Waals surface area (Å²) in [6.07, 6.45) is 11.6. The number of aromatic nitrogens is 6. The molecule has 0 aliphatic rings. The second-order valence-electron chi connectivity index (χ2n) is 28.4. The molecule has 6 nitrogen and oxygen atoms in total. The van der Waals surface area contributed by atoms with Gasteiger partial charge in [-0.3, -0.25) is 0 Å². The molecule has 0 aliphatic heterocycles. The van der Waals surface area contributed by atoms with Gasteiger partial charge in [0.05, 0.1) is 0 Å². The van der Waals surface area contributed by atoms with Gasteiger partial charge in [0.1, 0.15) is 0 Å². The van der Waals surface area contributed by atoms with Crippen molar-refractivity contribution in [2.45, 2.75) is 41.5 Å². The number of rotatable bonds is 9. The summed E-state index contributed by atoms with van der Waals surface area (Å²) in [6, 6.07) is 132. The van der Waals surface area contributed by atoms with Crippen LogP contribution in [0.25, 0.3) is 161 Å². The van der Waals surface area contributed by atoms with Crippen LogP contribution < -0.4 is 0 Å². The molecule has 0 saturated heterocycles. The summed E-state index contributed by atoms with van der Waals surface area (Å²) in [7, 11) is 0.